The number of alkyl halides is 3. The molecule has 0 spiro atoms. The topological polar surface area (TPSA) is 156 Å². The number of aromatic hydroxyl groups is 1. The summed E-state index contributed by atoms with van der Waals surface area (Å²) in [7, 11) is 3.21. The number of aromatic amines is 1. The Morgan fingerprint density at radius 3 is 2.00 bits per heavy atom. The summed E-state index contributed by atoms with van der Waals surface area (Å²) in [5, 5.41) is 21.4. The number of nitrogens with zero attached hydrogens (tertiary/aromatic N) is 4. The van der Waals surface area contributed by atoms with E-state index >= 15 is 0 Å². The minimum Gasteiger partial charge on any atom is -0.508 e. The normalized spacial score (nSPS) is 13.2. The Morgan fingerprint density at radius 1 is 0.693 bits per heavy atom. The molecule has 0 fully saturated rings. The molecular weight excluding hydrogens is 956 g/mol. The number of carbonyl (C=O) groups excluding carboxylic acids is 2. The molecule has 4 aromatic heterocycles. The highest BCUT2D eigenvalue weighted by Crippen LogP contribution is 2.38. The van der Waals surface area contributed by atoms with Crippen molar-refractivity contribution in [3.8, 4) is 50.6 Å². The number of benzene rings is 5. The second kappa shape index (κ2) is 21.8. The van der Waals surface area contributed by atoms with Crippen LogP contribution in [-0.4, -0.2) is 55.9 Å². The maximum Gasteiger partial charge on any atom is 0.435 e. The van der Waals surface area contributed by atoms with Gasteiger partial charge >= 0.3 is 6.18 Å². The molecule has 12 nitrogen and oxygen atoms in total. The number of phenolic OH excluding ortho intramolecular Hbond substituents is 1. The second-order valence-corrected chi connectivity index (χ2v) is 18.7. The molecule has 0 bridgehead atoms. The minimum atomic E-state index is -4.63. The molecular formula is C60H54F3N7O5. The zero-order valence-electron chi connectivity index (χ0n) is 41.3. The molecule has 2 atom stereocenters. The van der Waals surface area contributed by atoms with E-state index in [1.165, 1.54) is 4.68 Å². The first kappa shape index (κ1) is 49.8. The van der Waals surface area contributed by atoms with Crippen molar-refractivity contribution in [1.29, 1.82) is 0 Å². The highest BCUT2D eigenvalue weighted by atomic mass is 19.4. The maximum atomic E-state index is 14.2. The van der Waals surface area contributed by atoms with Crippen LogP contribution in [0.3, 0.4) is 0 Å². The Morgan fingerprint density at radius 2 is 1.32 bits per heavy atom. The second-order valence-electron chi connectivity index (χ2n) is 18.7. The standard InChI is InChI=1S/C60H54F3N7O5/c1-74-45-23-18-40(19-24-45)47-12-8-28-64-57(47)52(67-55(72)32-43-35-65-51-27-22-44(71)33-49(43)51)30-38-14-16-39(17-15-38)42-31-50(41-20-25-46(75-2)26-21-41)58(66-34-42)53(29-37-9-4-3-5-10-37)68-56(73)36-70-54-13-7-6-11-48(54)59(69-70)60(61,62)63/h3-5,8-10,12,14-28,31,33-35,52-53,65,71H,6-7,11,13,29-30,32,36H2,1-2H3,(H,67,72)(H,68,73)/t52-,53+/m1/s1. The van der Waals surface area contributed by atoms with Gasteiger partial charge in [0.25, 0.3) is 0 Å². The van der Waals surface area contributed by atoms with Crippen LogP contribution in [0, 0.1) is 0 Å². The fraction of sp³-hybridized carbons (Fsp3) is 0.217. The van der Waals surface area contributed by atoms with Gasteiger partial charge in [0, 0.05) is 57.4 Å². The molecule has 380 valence electrons. The lowest BCUT2D eigenvalue weighted by Crippen LogP contribution is -2.34. The highest BCUT2D eigenvalue weighted by Gasteiger charge is 2.40. The van der Waals surface area contributed by atoms with Crippen LogP contribution in [0.2, 0.25) is 0 Å². The van der Waals surface area contributed by atoms with Gasteiger partial charge in [-0.05, 0) is 127 Å². The number of halogens is 3. The van der Waals surface area contributed by atoms with E-state index in [-0.39, 0.29) is 36.6 Å². The predicted octanol–water partition coefficient (Wildman–Crippen LogP) is 11.5. The summed E-state index contributed by atoms with van der Waals surface area (Å²) in [6, 6.07) is 42.6. The molecule has 15 heteroatoms. The molecule has 9 aromatic rings. The average Bonchev–Trinajstić information content (AvgIpc) is 4.02. The van der Waals surface area contributed by atoms with Gasteiger partial charge in [-0.25, -0.2) is 0 Å². The number of pyridine rings is 2. The number of hydrogen-bond acceptors (Lipinski definition) is 8. The molecule has 4 heterocycles. The van der Waals surface area contributed by atoms with Gasteiger partial charge in [-0.2, -0.15) is 18.3 Å². The van der Waals surface area contributed by atoms with Gasteiger partial charge in [0.05, 0.1) is 44.1 Å². The van der Waals surface area contributed by atoms with Crippen molar-refractivity contribution in [1.82, 2.24) is 35.4 Å². The van der Waals surface area contributed by atoms with Gasteiger partial charge in [-0.1, -0.05) is 84.9 Å². The quantitative estimate of drug-likeness (QED) is 0.0702. The van der Waals surface area contributed by atoms with Crippen LogP contribution in [0.4, 0.5) is 13.2 Å². The van der Waals surface area contributed by atoms with Crippen LogP contribution in [0.5, 0.6) is 17.2 Å². The van der Waals surface area contributed by atoms with Crippen molar-refractivity contribution in [2.45, 2.75) is 69.8 Å². The number of aromatic nitrogens is 5. The van der Waals surface area contributed by atoms with Crippen molar-refractivity contribution < 1.29 is 37.3 Å². The van der Waals surface area contributed by atoms with E-state index in [1.54, 1.807) is 51.0 Å². The van der Waals surface area contributed by atoms with Gasteiger partial charge < -0.3 is 30.2 Å². The van der Waals surface area contributed by atoms with Crippen molar-refractivity contribution in [2.75, 3.05) is 14.2 Å². The number of fused-ring (bicyclic) bond motifs is 2. The Hall–Kier alpha value is -8.72. The van der Waals surface area contributed by atoms with Crippen LogP contribution in [0.25, 0.3) is 44.3 Å². The minimum absolute atomic E-state index is 0.0634. The lowest BCUT2D eigenvalue weighted by atomic mass is 9.92. The SMILES string of the molecule is COc1ccc(-c2cc(-c3ccc(C[C@@H](NC(=O)Cc4c[nH]c5ccc(O)cc45)c4ncccc4-c4ccc(OC)cc4)cc3)cnc2[C@H](Cc2ccccc2)NC(=O)Cn2nc(C(F)(F)F)c3c2CCCC3)cc1. The number of nitrogens with one attached hydrogen (secondary N) is 3. The number of carbonyl (C=O) groups is 2. The molecule has 75 heavy (non-hydrogen) atoms. The maximum absolute atomic E-state index is 14.2. The number of phenols is 1. The molecule has 10 rings (SSSR count). The Bertz CT molecular complexity index is 3470. The first-order valence-electron chi connectivity index (χ1n) is 24.8. The summed E-state index contributed by atoms with van der Waals surface area (Å²) in [6.45, 7) is -0.380. The number of H-pyrrole nitrogens is 1. The molecule has 0 radical (unpaired) electrons. The fourth-order valence-electron chi connectivity index (χ4n) is 10.1. The van der Waals surface area contributed by atoms with E-state index in [4.69, 9.17) is 19.4 Å². The van der Waals surface area contributed by atoms with Gasteiger partial charge in [0.15, 0.2) is 5.69 Å². The van der Waals surface area contributed by atoms with Crippen molar-refractivity contribution in [2.24, 2.45) is 0 Å². The molecule has 0 saturated carbocycles. The van der Waals surface area contributed by atoms with Crippen molar-refractivity contribution in [3.63, 3.8) is 0 Å². The van der Waals surface area contributed by atoms with E-state index < -0.39 is 29.9 Å². The third-order valence-corrected chi connectivity index (χ3v) is 13.8. The first-order valence-corrected chi connectivity index (χ1v) is 24.8. The van der Waals surface area contributed by atoms with Crippen molar-refractivity contribution in [3.05, 3.63) is 203 Å². The largest absolute Gasteiger partial charge is 0.508 e. The van der Waals surface area contributed by atoms with Crippen LogP contribution in [-0.2, 0) is 54.4 Å². The third kappa shape index (κ3) is 11.3. The van der Waals surface area contributed by atoms with E-state index in [9.17, 15) is 27.9 Å². The number of ether oxygens (including phenoxy) is 2. The van der Waals surface area contributed by atoms with Crippen LogP contribution in [0.15, 0.2) is 158 Å². The summed E-state index contributed by atoms with van der Waals surface area (Å²) in [5.74, 6) is 0.771. The monoisotopic (exact) mass is 1010 g/mol. The summed E-state index contributed by atoms with van der Waals surface area (Å²) >= 11 is 0. The molecule has 2 amide bonds. The molecule has 0 aliphatic heterocycles. The van der Waals surface area contributed by atoms with Crippen LogP contribution < -0.4 is 20.1 Å². The number of methoxy groups -OCH3 is 2. The summed E-state index contributed by atoms with van der Waals surface area (Å²) in [6.07, 6.45) is 3.49. The predicted molar refractivity (Wildman–Crippen MR) is 281 cm³/mol. The van der Waals surface area contributed by atoms with E-state index in [2.05, 4.69) is 20.7 Å². The lowest BCUT2D eigenvalue weighted by molar-refractivity contribution is -0.142. The molecule has 1 aliphatic carbocycles. The average molecular weight is 1010 g/mol. The zero-order chi connectivity index (χ0) is 52.1. The number of hydrogen-bond donors (Lipinski definition) is 4. The molecule has 0 unspecified atom stereocenters. The fourth-order valence-corrected chi connectivity index (χ4v) is 10.1. The third-order valence-electron chi connectivity index (χ3n) is 13.8. The zero-order valence-corrected chi connectivity index (χ0v) is 41.3. The van der Waals surface area contributed by atoms with E-state index in [0.717, 1.165) is 67.4 Å². The summed E-state index contributed by atoms with van der Waals surface area (Å²) < 4.78 is 54.6. The molecule has 0 saturated heterocycles. The van der Waals surface area contributed by atoms with Crippen LogP contribution in [0.1, 0.15) is 70.0 Å². The van der Waals surface area contributed by atoms with Gasteiger partial charge in [-0.15, -0.1) is 0 Å². The molecule has 4 N–H and O–H groups in total. The van der Waals surface area contributed by atoms with Crippen LogP contribution >= 0.6 is 0 Å². The Balaban J connectivity index is 0.969. The highest BCUT2D eigenvalue weighted by molar-refractivity contribution is 5.90. The first-order chi connectivity index (χ1) is 36.4. The van der Waals surface area contributed by atoms with Gasteiger partial charge in [-0.3, -0.25) is 24.2 Å². The number of amides is 2. The summed E-state index contributed by atoms with van der Waals surface area (Å²) in [4.78, 5) is 41.3. The Kier molecular flexibility index (Phi) is 14.5. The summed E-state index contributed by atoms with van der Waals surface area (Å²) in [5.41, 5.74) is 9.35. The van der Waals surface area contributed by atoms with Crippen molar-refractivity contribution >= 4 is 22.7 Å². The molecule has 5 aromatic carbocycles. The van der Waals surface area contributed by atoms with E-state index in [1.807, 2.05) is 121 Å². The van der Waals surface area contributed by atoms with Gasteiger partial charge in [0.1, 0.15) is 23.8 Å². The Labute approximate surface area is 431 Å². The number of rotatable bonds is 17. The smallest absolute Gasteiger partial charge is 0.435 e. The van der Waals surface area contributed by atoms with E-state index in [0.29, 0.717) is 54.3 Å². The lowest BCUT2D eigenvalue weighted by Gasteiger charge is -2.23. The van der Waals surface area contributed by atoms with Gasteiger partial charge in [0.2, 0.25) is 11.8 Å². The molecule has 1 aliphatic rings.